The number of nitrogens with zero attached hydrogens (tertiary/aromatic N) is 1. The Morgan fingerprint density at radius 2 is 2.00 bits per heavy atom. The third-order valence-corrected chi connectivity index (χ3v) is 1.82. The van der Waals surface area contributed by atoms with E-state index in [1.165, 1.54) is 0 Å². The summed E-state index contributed by atoms with van der Waals surface area (Å²) in [5, 5.41) is 0. The number of ether oxygens (including phenoxy) is 2. The zero-order chi connectivity index (χ0) is 13.9. The summed E-state index contributed by atoms with van der Waals surface area (Å²) in [5.41, 5.74) is -1.97. The van der Waals surface area contributed by atoms with E-state index in [2.05, 4.69) is 14.5 Å². The van der Waals surface area contributed by atoms with Gasteiger partial charge in [0.2, 0.25) is 5.88 Å². The molecule has 0 saturated carbocycles. The fourth-order valence-corrected chi connectivity index (χ4v) is 1.16. The fourth-order valence-electron chi connectivity index (χ4n) is 1.16. The summed E-state index contributed by atoms with van der Waals surface area (Å²) in [7, 11) is 1.02. The third-order valence-electron chi connectivity index (χ3n) is 1.82. The van der Waals surface area contributed by atoms with Crippen LogP contribution in [0.25, 0.3) is 0 Å². The lowest BCUT2D eigenvalue weighted by atomic mass is 10.2. The summed E-state index contributed by atoms with van der Waals surface area (Å²) in [5.74, 6) is -1.84. The molecule has 0 unspecified atom stereocenters. The third kappa shape index (κ3) is 3.05. The van der Waals surface area contributed by atoms with Gasteiger partial charge >= 0.3 is 6.36 Å². The number of pyridine rings is 1. The number of aromatic nitrogens is 1. The van der Waals surface area contributed by atoms with E-state index in [1.807, 2.05) is 0 Å². The number of alkyl halides is 5. The molecule has 0 aliphatic carbocycles. The van der Waals surface area contributed by atoms with E-state index < -0.39 is 35.5 Å². The molecule has 0 spiro atoms. The molecule has 100 valence electrons. The molecule has 0 saturated heterocycles. The predicted octanol–water partition coefficient (Wildman–Crippen LogP) is 2.74. The number of carbonyl (C=O) groups is 1. The molecule has 0 bridgehead atoms. The number of methoxy groups -OCH3 is 1. The first kappa shape index (κ1) is 14.1. The summed E-state index contributed by atoms with van der Waals surface area (Å²) < 4.78 is 69.2. The molecule has 0 N–H and O–H groups in total. The summed E-state index contributed by atoms with van der Waals surface area (Å²) in [6.45, 7) is 0. The Balaban J connectivity index is 3.43. The number of hydrogen-bond donors (Lipinski definition) is 0. The van der Waals surface area contributed by atoms with Crippen molar-refractivity contribution in [1.82, 2.24) is 4.98 Å². The summed E-state index contributed by atoms with van der Waals surface area (Å²) in [6.07, 6.45) is -8.14. The average Bonchev–Trinajstić information content (AvgIpc) is 2.25. The SMILES string of the molecule is COc1ncc(C(F)F)c(OC(F)(F)F)c1C=O. The maximum absolute atomic E-state index is 12.5. The van der Waals surface area contributed by atoms with E-state index in [0.717, 1.165) is 7.11 Å². The number of hydrogen-bond acceptors (Lipinski definition) is 4. The van der Waals surface area contributed by atoms with Crippen molar-refractivity contribution >= 4 is 6.29 Å². The largest absolute Gasteiger partial charge is 0.573 e. The van der Waals surface area contributed by atoms with E-state index in [9.17, 15) is 26.7 Å². The molecule has 0 radical (unpaired) electrons. The van der Waals surface area contributed by atoms with Gasteiger partial charge in [0.25, 0.3) is 6.43 Å². The van der Waals surface area contributed by atoms with Gasteiger partial charge in [0, 0.05) is 6.20 Å². The zero-order valence-electron chi connectivity index (χ0n) is 8.79. The highest BCUT2D eigenvalue weighted by Gasteiger charge is 2.35. The fraction of sp³-hybridized carbons (Fsp3) is 0.333. The average molecular weight is 271 g/mol. The Bertz CT molecular complexity index is 447. The van der Waals surface area contributed by atoms with E-state index in [4.69, 9.17) is 0 Å². The Kier molecular flexibility index (Phi) is 4.04. The maximum Gasteiger partial charge on any atom is 0.573 e. The van der Waals surface area contributed by atoms with E-state index >= 15 is 0 Å². The lowest BCUT2D eigenvalue weighted by Crippen LogP contribution is -2.20. The first-order valence-electron chi connectivity index (χ1n) is 4.36. The van der Waals surface area contributed by atoms with Crippen molar-refractivity contribution in [2.75, 3.05) is 7.11 Å². The standard InChI is InChI=1S/C9H6F5NO3/c1-17-8-5(3-16)6(18-9(12,13)14)4(2-15-8)7(10)11/h2-3,7H,1H3. The first-order chi connectivity index (χ1) is 8.30. The maximum atomic E-state index is 12.5. The molecule has 0 atom stereocenters. The van der Waals surface area contributed by atoms with Gasteiger partial charge in [-0.15, -0.1) is 13.2 Å². The van der Waals surface area contributed by atoms with Crippen LogP contribution in [0, 0.1) is 0 Å². The lowest BCUT2D eigenvalue weighted by Gasteiger charge is -2.15. The topological polar surface area (TPSA) is 48.4 Å². The second-order valence-corrected chi connectivity index (χ2v) is 2.93. The van der Waals surface area contributed by atoms with Crippen LogP contribution in [-0.4, -0.2) is 24.7 Å². The zero-order valence-corrected chi connectivity index (χ0v) is 8.79. The number of carbonyl (C=O) groups excluding carboxylic acids is 1. The number of aldehydes is 1. The molecule has 0 aliphatic heterocycles. The van der Waals surface area contributed by atoms with Gasteiger partial charge in [-0.3, -0.25) is 4.79 Å². The molecule has 0 aliphatic rings. The van der Waals surface area contributed by atoms with Gasteiger partial charge < -0.3 is 9.47 Å². The normalized spacial score (nSPS) is 11.5. The summed E-state index contributed by atoms with van der Waals surface area (Å²) in [6, 6.07) is 0. The smallest absolute Gasteiger partial charge is 0.480 e. The minimum absolute atomic E-state index is 0.0984. The molecule has 0 fully saturated rings. The molecule has 18 heavy (non-hydrogen) atoms. The van der Waals surface area contributed by atoms with Crippen LogP contribution in [0.15, 0.2) is 6.20 Å². The van der Waals surface area contributed by atoms with E-state index in [1.54, 1.807) is 0 Å². The van der Waals surface area contributed by atoms with Crippen LogP contribution >= 0.6 is 0 Å². The monoisotopic (exact) mass is 271 g/mol. The van der Waals surface area contributed by atoms with Crippen LogP contribution in [0.3, 0.4) is 0 Å². The van der Waals surface area contributed by atoms with Gasteiger partial charge in [-0.05, 0) is 0 Å². The second-order valence-electron chi connectivity index (χ2n) is 2.93. The highest BCUT2D eigenvalue weighted by atomic mass is 19.4. The van der Waals surface area contributed by atoms with Crippen molar-refractivity contribution in [1.29, 1.82) is 0 Å². The van der Waals surface area contributed by atoms with Crippen LogP contribution < -0.4 is 9.47 Å². The van der Waals surface area contributed by atoms with E-state index in [-0.39, 0.29) is 6.29 Å². The van der Waals surface area contributed by atoms with Crippen molar-refractivity contribution in [3.63, 3.8) is 0 Å². The molecule has 0 aromatic carbocycles. The van der Waals surface area contributed by atoms with Crippen LogP contribution in [0.4, 0.5) is 22.0 Å². The molecule has 1 aromatic rings. The summed E-state index contributed by atoms with van der Waals surface area (Å²) >= 11 is 0. The van der Waals surface area contributed by atoms with Crippen molar-refractivity contribution in [2.45, 2.75) is 12.8 Å². The van der Waals surface area contributed by atoms with Crippen LogP contribution in [-0.2, 0) is 0 Å². The second kappa shape index (κ2) is 5.15. The molecule has 1 heterocycles. The quantitative estimate of drug-likeness (QED) is 0.624. The number of halogens is 5. The molecule has 1 rings (SSSR count). The van der Waals surface area contributed by atoms with Crippen LogP contribution in [0.5, 0.6) is 11.6 Å². The molecule has 0 amide bonds. The Morgan fingerprint density at radius 1 is 1.39 bits per heavy atom. The van der Waals surface area contributed by atoms with Gasteiger partial charge in [-0.25, -0.2) is 13.8 Å². The molecule has 1 aromatic heterocycles. The Labute approximate surface area is 97.3 Å². The highest BCUT2D eigenvalue weighted by Crippen LogP contribution is 2.37. The van der Waals surface area contributed by atoms with Gasteiger partial charge in [0.15, 0.2) is 12.0 Å². The lowest BCUT2D eigenvalue weighted by molar-refractivity contribution is -0.275. The molecular weight excluding hydrogens is 265 g/mol. The predicted molar refractivity (Wildman–Crippen MR) is 47.8 cm³/mol. The Hall–Kier alpha value is -1.93. The van der Waals surface area contributed by atoms with Crippen molar-refractivity contribution in [3.8, 4) is 11.6 Å². The minimum Gasteiger partial charge on any atom is -0.480 e. The van der Waals surface area contributed by atoms with Crippen LogP contribution in [0.2, 0.25) is 0 Å². The molecule has 9 heteroatoms. The van der Waals surface area contributed by atoms with Gasteiger partial charge in [-0.1, -0.05) is 0 Å². The van der Waals surface area contributed by atoms with Gasteiger partial charge in [0.05, 0.1) is 12.7 Å². The Morgan fingerprint density at radius 3 is 2.39 bits per heavy atom. The van der Waals surface area contributed by atoms with Crippen molar-refractivity contribution < 1.29 is 36.2 Å². The van der Waals surface area contributed by atoms with Crippen molar-refractivity contribution in [2.24, 2.45) is 0 Å². The van der Waals surface area contributed by atoms with Gasteiger partial charge in [-0.2, -0.15) is 0 Å². The number of rotatable bonds is 4. The van der Waals surface area contributed by atoms with Gasteiger partial charge in [0.1, 0.15) is 5.56 Å². The first-order valence-corrected chi connectivity index (χ1v) is 4.36. The minimum atomic E-state index is -5.21. The van der Waals surface area contributed by atoms with Crippen molar-refractivity contribution in [3.05, 3.63) is 17.3 Å². The van der Waals surface area contributed by atoms with E-state index in [0.29, 0.717) is 6.20 Å². The molecule has 4 nitrogen and oxygen atoms in total. The molecular formula is C9H6F5NO3. The highest BCUT2D eigenvalue weighted by molar-refractivity contribution is 5.83. The summed E-state index contributed by atoms with van der Waals surface area (Å²) in [4.78, 5) is 14.0. The van der Waals surface area contributed by atoms with Crippen LogP contribution in [0.1, 0.15) is 22.3 Å².